The molecule has 0 saturated heterocycles. The van der Waals surface area contributed by atoms with Gasteiger partial charge in [-0.15, -0.1) is 0 Å². The number of carbonyl (C=O) groups excluding carboxylic acids is 1. The average molecular weight is 222 g/mol. The first-order valence-electron chi connectivity index (χ1n) is 6.54. The lowest BCUT2D eigenvalue weighted by Crippen LogP contribution is -2.21. The van der Waals surface area contributed by atoms with Crippen molar-refractivity contribution in [1.29, 1.82) is 0 Å². The molecule has 1 saturated carbocycles. The monoisotopic (exact) mass is 222 g/mol. The molecule has 0 N–H and O–H groups in total. The summed E-state index contributed by atoms with van der Waals surface area (Å²) in [5.74, 6) is 3.03. The Morgan fingerprint density at radius 1 is 1.25 bits per heavy atom. The molecule has 2 nitrogen and oxygen atoms in total. The molecule has 0 aliphatic heterocycles. The Morgan fingerprint density at radius 3 is 2.44 bits per heavy atom. The highest BCUT2D eigenvalue weighted by Crippen LogP contribution is 2.51. The Labute approximate surface area is 98.1 Å². The van der Waals surface area contributed by atoms with Crippen LogP contribution in [0.25, 0.3) is 0 Å². The summed E-state index contributed by atoms with van der Waals surface area (Å²) in [6, 6.07) is 0. The van der Waals surface area contributed by atoms with Gasteiger partial charge in [-0.2, -0.15) is 0 Å². The van der Waals surface area contributed by atoms with E-state index in [1.165, 1.54) is 26.2 Å². The minimum atomic E-state index is -0.147. The Balaban J connectivity index is 1.87. The van der Waals surface area contributed by atoms with Crippen LogP contribution < -0.4 is 0 Å². The molecule has 1 fully saturated rings. The largest absolute Gasteiger partial charge is 0.466 e. The molecular weight excluding hydrogens is 200 g/mol. The van der Waals surface area contributed by atoms with Crippen molar-refractivity contribution in [2.75, 3.05) is 6.61 Å². The number of rotatable bonds is 5. The summed E-state index contributed by atoms with van der Waals surface area (Å²) in [4.78, 5) is 10.7. The fourth-order valence-corrected chi connectivity index (χ4v) is 3.56. The second-order valence-electron chi connectivity index (χ2n) is 5.19. The second kappa shape index (κ2) is 5.03. The van der Waals surface area contributed by atoms with Crippen molar-refractivity contribution < 1.29 is 9.53 Å². The quantitative estimate of drug-likeness (QED) is 0.527. The molecule has 0 heterocycles. The van der Waals surface area contributed by atoms with Crippen molar-refractivity contribution in [3.05, 3.63) is 12.2 Å². The van der Waals surface area contributed by atoms with Crippen LogP contribution in [0.4, 0.5) is 0 Å². The summed E-state index contributed by atoms with van der Waals surface area (Å²) in [7, 11) is 0. The van der Waals surface area contributed by atoms with Gasteiger partial charge in [-0.1, -0.05) is 25.5 Å². The zero-order valence-electron chi connectivity index (χ0n) is 10.3. The third-order valence-corrected chi connectivity index (χ3v) is 4.18. The van der Waals surface area contributed by atoms with Gasteiger partial charge in [-0.3, -0.25) is 4.79 Å². The number of esters is 1. The van der Waals surface area contributed by atoms with Crippen LogP contribution in [0.15, 0.2) is 12.2 Å². The normalized spacial score (nSPS) is 35.6. The number of ether oxygens (including phenoxy) is 1. The summed E-state index contributed by atoms with van der Waals surface area (Å²) in [5.41, 5.74) is 0. The summed E-state index contributed by atoms with van der Waals surface area (Å²) in [6.07, 6.45) is 9.79. The van der Waals surface area contributed by atoms with Gasteiger partial charge in [0.1, 0.15) is 0 Å². The predicted molar refractivity (Wildman–Crippen MR) is 63.9 cm³/mol. The Kier molecular flexibility index (Phi) is 3.67. The van der Waals surface area contributed by atoms with Crippen molar-refractivity contribution in [2.45, 2.75) is 39.5 Å². The Morgan fingerprint density at radius 2 is 1.88 bits per heavy atom. The topological polar surface area (TPSA) is 26.3 Å². The molecule has 0 aromatic heterocycles. The van der Waals surface area contributed by atoms with Crippen LogP contribution in [-0.2, 0) is 9.53 Å². The van der Waals surface area contributed by atoms with Gasteiger partial charge in [0, 0.05) is 6.92 Å². The Hall–Kier alpha value is -0.790. The van der Waals surface area contributed by atoms with Crippen LogP contribution in [0, 0.1) is 23.7 Å². The van der Waals surface area contributed by atoms with Gasteiger partial charge < -0.3 is 4.74 Å². The standard InChI is InChI=1S/C14H22O2/c1-3-4-13-11-5-6-12(9-11)14(13)7-8-16-10(2)15/h5-6,11-14H,3-4,7-9H2,1-2H3. The molecule has 16 heavy (non-hydrogen) atoms. The maximum Gasteiger partial charge on any atom is 0.302 e. The zero-order chi connectivity index (χ0) is 11.5. The molecule has 90 valence electrons. The lowest BCUT2D eigenvalue weighted by Gasteiger charge is -2.27. The SMILES string of the molecule is CCCC1C2C=CC(C2)C1CCOC(C)=O. The van der Waals surface area contributed by atoms with Crippen molar-refractivity contribution in [3.63, 3.8) is 0 Å². The predicted octanol–water partition coefficient (Wildman–Crippen LogP) is 3.18. The highest BCUT2D eigenvalue weighted by atomic mass is 16.5. The number of fused-ring (bicyclic) bond motifs is 2. The third-order valence-electron chi connectivity index (χ3n) is 4.18. The fourth-order valence-electron chi connectivity index (χ4n) is 3.56. The highest BCUT2D eigenvalue weighted by Gasteiger charge is 2.43. The van der Waals surface area contributed by atoms with Crippen LogP contribution in [0.2, 0.25) is 0 Å². The van der Waals surface area contributed by atoms with Crippen molar-refractivity contribution >= 4 is 5.97 Å². The molecule has 0 radical (unpaired) electrons. The van der Waals surface area contributed by atoms with Gasteiger partial charge in [-0.05, 0) is 42.9 Å². The molecule has 0 amide bonds. The minimum Gasteiger partial charge on any atom is -0.466 e. The summed E-state index contributed by atoms with van der Waals surface area (Å²) >= 11 is 0. The van der Waals surface area contributed by atoms with E-state index in [9.17, 15) is 4.79 Å². The van der Waals surface area contributed by atoms with Crippen LogP contribution >= 0.6 is 0 Å². The van der Waals surface area contributed by atoms with Gasteiger partial charge >= 0.3 is 5.97 Å². The molecule has 0 aromatic rings. The average Bonchev–Trinajstić information content (AvgIpc) is 2.80. The van der Waals surface area contributed by atoms with Gasteiger partial charge in [-0.25, -0.2) is 0 Å². The minimum absolute atomic E-state index is 0.147. The molecule has 0 aromatic carbocycles. The van der Waals surface area contributed by atoms with Crippen LogP contribution in [0.3, 0.4) is 0 Å². The smallest absolute Gasteiger partial charge is 0.302 e. The lowest BCUT2D eigenvalue weighted by atomic mass is 9.79. The van der Waals surface area contributed by atoms with E-state index >= 15 is 0 Å². The van der Waals surface area contributed by atoms with E-state index in [0.29, 0.717) is 6.61 Å². The van der Waals surface area contributed by atoms with Crippen molar-refractivity contribution in [3.8, 4) is 0 Å². The molecule has 2 aliphatic carbocycles. The van der Waals surface area contributed by atoms with Crippen LogP contribution in [0.1, 0.15) is 39.5 Å². The van der Waals surface area contributed by atoms with E-state index in [1.54, 1.807) is 0 Å². The first-order valence-corrected chi connectivity index (χ1v) is 6.54. The van der Waals surface area contributed by atoms with E-state index in [0.717, 1.165) is 30.1 Å². The molecule has 2 bridgehead atoms. The maximum absolute atomic E-state index is 10.7. The molecular formula is C14H22O2. The maximum atomic E-state index is 10.7. The molecule has 4 atom stereocenters. The summed E-state index contributed by atoms with van der Waals surface area (Å²) in [6.45, 7) is 4.36. The zero-order valence-corrected chi connectivity index (χ0v) is 10.3. The molecule has 4 unspecified atom stereocenters. The number of hydrogen-bond acceptors (Lipinski definition) is 2. The molecule has 2 rings (SSSR count). The number of carbonyl (C=O) groups is 1. The van der Waals surface area contributed by atoms with Crippen LogP contribution in [0.5, 0.6) is 0 Å². The first-order chi connectivity index (χ1) is 7.72. The molecule has 2 heteroatoms. The van der Waals surface area contributed by atoms with Crippen LogP contribution in [-0.4, -0.2) is 12.6 Å². The molecule has 2 aliphatic rings. The van der Waals surface area contributed by atoms with E-state index in [4.69, 9.17) is 4.74 Å². The first kappa shape index (κ1) is 11.7. The van der Waals surface area contributed by atoms with E-state index in [2.05, 4.69) is 19.1 Å². The van der Waals surface area contributed by atoms with E-state index in [1.807, 2.05) is 0 Å². The van der Waals surface area contributed by atoms with Crippen molar-refractivity contribution in [2.24, 2.45) is 23.7 Å². The van der Waals surface area contributed by atoms with Gasteiger partial charge in [0.2, 0.25) is 0 Å². The van der Waals surface area contributed by atoms with E-state index in [-0.39, 0.29) is 5.97 Å². The fraction of sp³-hybridized carbons (Fsp3) is 0.786. The van der Waals surface area contributed by atoms with Crippen molar-refractivity contribution in [1.82, 2.24) is 0 Å². The molecule has 0 spiro atoms. The highest BCUT2D eigenvalue weighted by molar-refractivity contribution is 5.65. The second-order valence-corrected chi connectivity index (χ2v) is 5.19. The summed E-state index contributed by atoms with van der Waals surface area (Å²) in [5, 5.41) is 0. The summed E-state index contributed by atoms with van der Waals surface area (Å²) < 4.78 is 5.07. The van der Waals surface area contributed by atoms with Gasteiger partial charge in [0.05, 0.1) is 6.61 Å². The van der Waals surface area contributed by atoms with E-state index < -0.39 is 0 Å². The number of allylic oxidation sites excluding steroid dienone is 2. The third kappa shape index (κ3) is 2.31. The number of hydrogen-bond donors (Lipinski definition) is 0. The van der Waals surface area contributed by atoms with Gasteiger partial charge in [0.15, 0.2) is 0 Å². The Bertz CT molecular complexity index is 282. The lowest BCUT2D eigenvalue weighted by molar-refractivity contribution is -0.141. The van der Waals surface area contributed by atoms with Gasteiger partial charge in [0.25, 0.3) is 0 Å².